The molecule has 2 rings (SSSR count). The number of aromatic nitrogens is 1. The van der Waals surface area contributed by atoms with E-state index in [1.807, 2.05) is 6.07 Å². The lowest BCUT2D eigenvalue weighted by Crippen LogP contribution is -1.82. The van der Waals surface area contributed by atoms with E-state index in [2.05, 4.69) is 52.8 Å². The Kier molecular flexibility index (Phi) is 2.81. The highest BCUT2D eigenvalue weighted by atomic mass is 79.9. The normalized spacial score (nSPS) is 10.8. The Morgan fingerprint density at radius 2 is 1.86 bits per heavy atom. The van der Waals surface area contributed by atoms with E-state index in [9.17, 15) is 5.11 Å². The van der Waals surface area contributed by atoms with Crippen molar-refractivity contribution in [2.45, 2.75) is 0 Å². The smallest absolute Gasteiger partial charge is 0.143 e. The molecule has 0 spiro atoms. The largest absolute Gasteiger partial charge is 0.506 e. The quantitative estimate of drug-likeness (QED) is 0.741. The van der Waals surface area contributed by atoms with Gasteiger partial charge < -0.3 is 5.11 Å². The third-order valence-corrected chi connectivity index (χ3v) is 4.25. The monoisotopic (exact) mass is 379 g/mol. The maximum Gasteiger partial charge on any atom is 0.143 e. The molecule has 0 amide bonds. The molecule has 1 N–H and O–H groups in total. The molecule has 0 aliphatic heterocycles. The van der Waals surface area contributed by atoms with E-state index in [0.29, 0.717) is 5.52 Å². The minimum atomic E-state index is 0.169. The van der Waals surface area contributed by atoms with Crippen LogP contribution in [0.4, 0.5) is 0 Å². The van der Waals surface area contributed by atoms with Gasteiger partial charge in [0, 0.05) is 25.0 Å². The lowest BCUT2D eigenvalue weighted by atomic mass is 10.2. The molecule has 0 atom stereocenters. The highest BCUT2D eigenvalue weighted by Crippen LogP contribution is 2.36. The Hall–Kier alpha value is -0.130. The number of nitrogens with zero attached hydrogens (tertiary/aromatic N) is 1. The Labute approximate surface area is 106 Å². The topological polar surface area (TPSA) is 33.1 Å². The fraction of sp³-hybridized carbons (Fsp3) is 0. The van der Waals surface area contributed by atoms with Gasteiger partial charge in [0.15, 0.2) is 0 Å². The van der Waals surface area contributed by atoms with Crippen LogP contribution in [-0.4, -0.2) is 10.1 Å². The number of phenols is 1. The van der Waals surface area contributed by atoms with Gasteiger partial charge in [-0.3, -0.25) is 4.98 Å². The Morgan fingerprint density at radius 1 is 1.14 bits per heavy atom. The second-order valence-corrected chi connectivity index (χ2v) is 5.30. The molecule has 2 aromatic rings. The number of benzene rings is 1. The van der Waals surface area contributed by atoms with E-state index in [1.165, 1.54) is 0 Å². The molecule has 0 fully saturated rings. The van der Waals surface area contributed by atoms with Gasteiger partial charge >= 0.3 is 0 Å². The summed E-state index contributed by atoms with van der Waals surface area (Å²) in [6.45, 7) is 0. The molecule has 0 unspecified atom stereocenters. The van der Waals surface area contributed by atoms with Crippen LogP contribution in [-0.2, 0) is 0 Å². The van der Waals surface area contributed by atoms with Gasteiger partial charge in [0.25, 0.3) is 0 Å². The van der Waals surface area contributed by atoms with Crippen molar-refractivity contribution in [2.24, 2.45) is 0 Å². The molecule has 0 aliphatic rings. The Balaban J connectivity index is 2.95. The predicted molar refractivity (Wildman–Crippen MR) is 66.5 cm³/mol. The molecule has 0 aliphatic carbocycles. The average Bonchev–Trinajstić information content (AvgIpc) is 2.14. The fourth-order valence-corrected chi connectivity index (χ4v) is 2.37. The number of rotatable bonds is 0. The van der Waals surface area contributed by atoms with Crippen LogP contribution in [0.25, 0.3) is 10.9 Å². The first-order chi connectivity index (χ1) is 6.59. The molecule has 72 valence electrons. The summed E-state index contributed by atoms with van der Waals surface area (Å²) in [7, 11) is 0. The Morgan fingerprint density at radius 3 is 2.57 bits per heavy atom. The lowest BCUT2D eigenvalue weighted by molar-refractivity contribution is 0.480. The molecule has 0 saturated carbocycles. The number of pyridine rings is 1. The van der Waals surface area contributed by atoms with Gasteiger partial charge in [0.2, 0.25) is 0 Å². The van der Waals surface area contributed by atoms with Gasteiger partial charge in [0.05, 0.1) is 0 Å². The molecule has 0 saturated heterocycles. The summed E-state index contributed by atoms with van der Waals surface area (Å²) in [6, 6.07) is 3.52. The molecule has 1 aromatic heterocycles. The second kappa shape index (κ2) is 3.79. The summed E-state index contributed by atoms with van der Waals surface area (Å²) in [5.41, 5.74) is 0.586. The van der Waals surface area contributed by atoms with Crippen molar-refractivity contribution in [2.75, 3.05) is 0 Å². The average molecular weight is 382 g/mol. The van der Waals surface area contributed by atoms with Crippen molar-refractivity contribution >= 4 is 58.7 Å². The third kappa shape index (κ3) is 1.68. The van der Waals surface area contributed by atoms with E-state index >= 15 is 0 Å². The van der Waals surface area contributed by atoms with Crippen LogP contribution in [0.3, 0.4) is 0 Å². The van der Waals surface area contributed by atoms with Gasteiger partial charge in [-0.1, -0.05) is 0 Å². The molecule has 14 heavy (non-hydrogen) atoms. The van der Waals surface area contributed by atoms with E-state index < -0.39 is 0 Å². The molecular weight excluding hydrogens is 378 g/mol. The first-order valence-electron chi connectivity index (χ1n) is 3.72. The summed E-state index contributed by atoms with van der Waals surface area (Å²) in [5, 5.41) is 10.5. The zero-order valence-corrected chi connectivity index (χ0v) is 11.5. The molecule has 2 nitrogen and oxygen atoms in total. The third-order valence-electron chi connectivity index (χ3n) is 1.81. The van der Waals surface area contributed by atoms with Gasteiger partial charge in [-0.2, -0.15) is 0 Å². The summed E-state index contributed by atoms with van der Waals surface area (Å²) < 4.78 is 2.57. The number of halogens is 3. The van der Waals surface area contributed by atoms with Crippen molar-refractivity contribution in [3.8, 4) is 5.75 Å². The first kappa shape index (κ1) is 10.4. The van der Waals surface area contributed by atoms with Gasteiger partial charge in [-0.25, -0.2) is 0 Å². The molecule has 1 heterocycles. The summed E-state index contributed by atoms with van der Waals surface area (Å²) >= 11 is 10.1. The van der Waals surface area contributed by atoms with Crippen molar-refractivity contribution in [3.63, 3.8) is 0 Å². The van der Waals surface area contributed by atoms with E-state index in [0.717, 1.165) is 18.8 Å². The standard InChI is InChI=1S/C9H4Br3NO/c10-4-1-5-8(12)6(11)2-7(14)9(5)13-3-4/h1-3,14H. The van der Waals surface area contributed by atoms with Crippen molar-refractivity contribution in [3.05, 3.63) is 31.7 Å². The maximum absolute atomic E-state index is 9.64. The SMILES string of the molecule is Oc1cc(Br)c(Br)c2cc(Br)cnc12. The molecular formula is C9H4Br3NO. The lowest BCUT2D eigenvalue weighted by Gasteiger charge is -2.05. The molecule has 1 aromatic carbocycles. The van der Waals surface area contributed by atoms with Crippen LogP contribution in [0, 0.1) is 0 Å². The molecule has 0 bridgehead atoms. The Bertz CT molecular complexity index is 513. The van der Waals surface area contributed by atoms with Crippen LogP contribution < -0.4 is 0 Å². The number of aromatic hydroxyl groups is 1. The highest BCUT2D eigenvalue weighted by molar-refractivity contribution is 9.13. The van der Waals surface area contributed by atoms with Crippen LogP contribution in [0.2, 0.25) is 0 Å². The van der Waals surface area contributed by atoms with E-state index in [-0.39, 0.29) is 5.75 Å². The van der Waals surface area contributed by atoms with Crippen molar-refractivity contribution < 1.29 is 5.11 Å². The summed E-state index contributed by atoms with van der Waals surface area (Å²) in [4.78, 5) is 4.13. The maximum atomic E-state index is 9.64. The van der Waals surface area contributed by atoms with Crippen molar-refractivity contribution in [1.82, 2.24) is 4.98 Å². The van der Waals surface area contributed by atoms with Crippen LogP contribution in [0.15, 0.2) is 31.7 Å². The zero-order valence-electron chi connectivity index (χ0n) is 6.76. The number of hydrogen-bond acceptors (Lipinski definition) is 2. The van der Waals surface area contributed by atoms with E-state index in [4.69, 9.17) is 0 Å². The molecule has 5 heteroatoms. The highest BCUT2D eigenvalue weighted by Gasteiger charge is 2.09. The van der Waals surface area contributed by atoms with Gasteiger partial charge in [-0.05, 0) is 59.9 Å². The zero-order chi connectivity index (χ0) is 10.3. The number of hydrogen-bond donors (Lipinski definition) is 1. The molecule has 0 radical (unpaired) electrons. The first-order valence-corrected chi connectivity index (χ1v) is 6.09. The summed E-state index contributed by atoms with van der Waals surface area (Å²) in [5.74, 6) is 0.169. The van der Waals surface area contributed by atoms with Gasteiger partial charge in [0.1, 0.15) is 11.3 Å². The number of phenolic OH excluding ortho intramolecular Hbond substituents is 1. The minimum absolute atomic E-state index is 0.169. The van der Waals surface area contributed by atoms with Crippen LogP contribution in [0.5, 0.6) is 5.75 Å². The van der Waals surface area contributed by atoms with Crippen LogP contribution >= 0.6 is 47.8 Å². The van der Waals surface area contributed by atoms with E-state index in [1.54, 1.807) is 12.3 Å². The summed E-state index contributed by atoms with van der Waals surface area (Å²) in [6.07, 6.45) is 1.66. The second-order valence-electron chi connectivity index (χ2n) is 2.74. The predicted octanol–water partition coefficient (Wildman–Crippen LogP) is 4.23. The van der Waals surface area contributed by atoms with Crippen LogP contribution in [0.1, 0.15) is 0 Å². The van der Waals surface area contributed by atoms with Crippen molar-refractivity contribution in [1.29, 1.82) is 0 Å². The number of fused-ring (bicyclic) bond motifs is 1. The minimum Gasteiger partial charge on any atom is -0.506 e. The fourth-order valence-electron chi connectivity index (χ4n) is 1.19. The van der Waals surface area contributed by atoms with Gasteiger partial charge in [-0.15, -0.1) is 0 Å².